The maximum absolute atomic E-state index is 5.81. The second kappa shape index (κ2) is 13.6. The summed E-state index contributed by atoms with van der Waals surface area (Å²) in [5.74, 6) is 6.10. The molecule has 0 saturated carbocycles. The minimum Gasteiger partial charge on any atom is -0.496 e. The molecule has 4 aromatic rings. The van der Waals surface area contributed by atoms with E-state index < -0.39 is 25.4 Å². The molecule has 192 valence electrons. The van der Waals surface area contributed by atoms with E-state index in [9.17, 15) is 0 Å². The van der Waals surface area contributed by atoms with E-state index in [0.29, 0.717) is 0 Å². The Morgan fingerprint density at radius 2 is 0.676 bits per heavy atom. The summed E-state index contributed by atoms with van der Waals surface area (Å²) in [6.45, 7) is 0. The lowest BCUT2D eigenvalue weighted by molar-refractivity contribution is 0.417. The smallest absolute Gasteiger partial charge is 0.126 e. The number of methoxy groups -OCH3 is 4. The van der Waals surface area contributed by atoms with Crippen molar-refractivity contribution in [1.29, 1.82) is 0 Å². The lowest BCUT2D eigenvalue weighted by Crippen LogP contribution is -2.24. The Hall–Kier alpha value is -2.84. The van der Waals surface area contributed by atoms with Crippen LogP contribution in [-0.4, -0.2) is 49.5 Å². The topological polar surface area (TPSA) is 36.9 Å². The largest absolute Gasteiger partial charge is 0.496 e. The molecule has 0 aliphatic rings. The molecule has 0 heterocycles. The molecule has 0 aliphatic carbocycles. The van der Waals surface area contributed by atoms with Crippen LogP contribution in [0.4, 0.5) is 0 Å². The maximum atomic E-state index is 5.81. The van der Waals surface area contributed by atoms with Crippen LogP contribution < -0.4 is 40.2 Å². The predicted octanol–water partition coefficient (Wildman–Crippen LogP) is 4.37. The minimum absolute atomic E-state index is 0.518. The van der Waals surface area contributed by atoms with Crippen LogP contribution in [-0.2, 0) is 0 Å². The van der Waals surface area contributed by atoms with Crippen LogP contribution in [0.2, 0.25) is 0 Å². The second-order valence-electron chi connectivity index (χ2n) is 8.34. The van der Waals surface area contributed by atoms with Crippen LogP contribution in [0.1, 0.15) is 0 Å². The molecule has 0 saturated heterocycles. The molecule has 0 radical (unpaired) electrons. The zero-order chi connectivity index (χ0) is 26.0. The number of para-hydroxylation sites is 4. The first-order valence-corrected chi connectivity index (χ1v) is 17.3. The van der Waals surface area contributed by atoms with Gasteiger partial charge < -0.3 is 18.9 Å². The van der Waals surface area contributed by atoms with E-state index in [2.05, 4.69) is 72.8 Å². The molecule has 0 aliphatic heterocycles. The molecule has 0 aromatic heterocycles. The van der Waals surface area contributed by atoms with Gasteiger partial charge in [-0.3, -0.25) is 0 Å². The fourth-order valence-electron chi connectivity index (χ4n) is 4.54. The number of benzene rings is 4. The van der Waals surface area contributed by atoms with Crippen LogP contribution in [0.25, 0.3) is 0 Å². The predicted molar refractivity (Wildman–Crippen MR) is 163 cm³/mol. The van der Waals surface area contributed by atoms with E-state index in [0.717, 1.165) is 34.6 Å². The van der Waals surface area contributed by atoms with Gasteiger partial charge in [-0.2, -0.15) is 0 Å². The van der Waals surface area contributed by atoms with Gasteiger partial charge in [0.1, 0.15) is 23.0 Å². The standard InChI is InChI=1S/C30H34O4P2Si/c1-31-23-13-5-9-17-27(23)35(28-18-10-6-14-24(28)32-2)21-37-22-36(29-19-11-7-15-25(29)33-3)30-20-12-8-16-26(30)34-4/h5-20H,21-22,37H2,1-4H3. The summed E-state index contributed by atoms with van der Waals surface area (Å²) in [6.07, 6.45) is 0. The molecular weight excluding hydrogens is 514 g/mol. The first-order chi connectivity index (χ1) is 18.2. The van der Waals surface area contributed by atoms with Gasteiger partial charge in [0.15, 0.2) is 0 Å². The quantitative estimate of drug-likeness (QED) is 0.195. The average Bonchev–Trinajstić information content (AvgIpc) is 2.97. The third-order valence-corrected chi connectivity index (χ3v) is 16.2. The summed E-state index contributed by atoms with van der Waals surface area (Å²) < 4.78 is 23.2. The Morgan fingerprint density at radius 3 is 0.919 bits per heavy atom. The van der Waals surface area contributed by atoms with Crippen LogP contribution in [0.3, 0.4) is 0 Å². The Balaban J connectivity index is 1.70. The van der Waals surface area contributed by atoms with E-state index in [-0.39, 0.29) is 0 Å². The fourth-order valence-corrected chi connectivity index (χ4v) is 16.1. The minimum atomic E-state index is -0.636. The van der Waals surface area contributed by atoms with Gasteiger partial charge in [0.25, 0.3) is 0 Å². The highest BCUT2D eigenvalue weighted by molar-refractivity contribution is 7.77. The third-order valence-electron chi connectivity index (χ3n) is 6.27. The van der Waals surface area contributed by atoms with Crippen LogP contribution in [0, 0.1) is 0 Å². The van der Waals surface area contributed by atoms with Crippen LogP contribution in [0.5, 0.6) is 23.0 Å². The van der Waals surface area contributed by atoms with Gasteiger partial charge in [-0.05, 0) is 51.7 Å². The lowest BCUT2D eigenvalue weighted by atomic mass is 10.3. The zero-order valence-electron chi connectivity index (χ0n) is 21.9. The Bertz CT molecular complexity index is 1110. The van der Waals surface area contributed by atoms with Crippen molar-refractivity contribution in [3.8, 4) is 23.0 Å². The van der Waals surface area contributed by atoms with Crippen molar-refractivity contribution >= 4 is 46.6 Å². The van der Waals surface area contributed by atoms with Crippen molar-refractivity contribution in [2.75, 3.05) is 40.0 Å². The highest BCUT2D eigenvalue weighted by Gasteiger charge is 2.24. The molecule has 0 unspecified atom stereocenters. The number of ether oxygens (including phenoxy) is 4. The summed E-state index contributed by atoms with van der Waals surface area (Å²) in [5, 5.41) is 5.10. The van der Waals surface area contributed by atoms with Gasteiger partial charge in [-0.15, -0.1) is 0 Å². The van der Waals surface area contributed by atoms with E-state index in [4.69, 9.17) is 18.9 Å². The lowest BCUT2D eigenvalue weighted by Gasteiger charge is -2.25. The van der Waals surface area contributed by atoms with Gasteiger partial charge in [-0.25, -0.2) is 0 Å². The van der Waals surface area contributed by atoms with Crippen molar-refractivity contribution in [1.82, 2.24) is 0 Å². The Labute approximate surface area is 225 Å². The third kappa shape index (κ3) is 6.36. The average molecular weight is 549 g/mol. The monoisotopic (exact) mass is 548 g/mol. The van der Waals surface area contributed by atoms with Crippen molar-refractivity contribution < 1.29 is 18.9 Å². The summed E-state index contributed by atoms with van der Waals surface area (Å²) >= 11 is 0. The zero-order valence-corrected chi connectivity index (χ0v) is 25.1. The first kappa shape index (κ1) is 27.2. The summed E-state index contributed by atoms with van der Waals surface area (Å²) in [7, 11) is 5.25. The summed E-state index contributed by atoms with van der Waals surface area (Å²) in [5.41, 5.74) is 0. The van der Waals surface area contributed by atoms with E-state index in [1.54, 1.807) is 28.4 Å². The van der Waals surface area contributed by atoms with Gasteiger partial charge in [0.05, 0.1) is 28.4 Å². The molecule has 0 spiro atoms. The molecule has 7 heteroatoms. The van der Waals surface area contributed by atoms with Gasteiger partial charge in [0.2, 0.25) is 0 Å². The fraction of sp³-hybridized carbons (Fsp3) is 0.200. The molecule has 4 rings (SSSR count). The van der Waals surface area contributed by atoms with Crippen LogP contribution in [0.15, 0.2) is 97.1 Å². The maximum Gasteiger partial charge on any atom is 0.126 e. The van der Waals surface area contributed by atoms with E-state index in [1.165, 1.54) is 21.2 Å². The summed E-state index contributed by atoms with van der Waals surface area (Å²) in [6, 6.07) is 33.7. The highest BCUT2D eigenvalue weighted by atomic mass is 31.1. The molecule has 0 bridgehead atoms. The molecule has 0 fully saturated rings. The van der Waals surface area contributed by atoms with Crippen molar-refractivity contribution in [3.05, 3.63) is 97.1 Å². The second-order valence-corrected chi connectivity index (χ2v) is 16.3. The van der Waals surface area contributed by atoms with Crippen molar-refractivity contribution in [2.45, 2.75) is 0 Å². The number of rotatable bonds is 12. The molecule has 0 amide bonds. The molecular formula is C30H34O4P2Si. The SMILES string of the molecule is COc1ccccc1P(C[SiH2]CP(c1ccccc1OC)c1ccccc1OC)c1ccccc1OC. The Kier molecular flexibility index (Phi) is 10.0. The number of hydrogen-bond donors (Lipinski definition) is 0. The van der Waals surface area contributed by atoms with Gasteiger partial charge in [0, 0.05) is 30.7 Å². The molecule has 0 N–H and O–H groups in total. The van der Waals surface area contributed by atoms with Crippen molar-refractivity contribution in [3.63, 3.8) is 0 Å². The Morgan fingerprint density at radius 1 is 0.432 bits per heavy atom. The number of hydrogen-bond acceptors (Lipinski definition) is 4. The first-order valence-electron chi connectivity index (χ1n) is 12.3. The highest BCUT2D eigenvalue weighted by Crippen LogP contribution is 2.43. The van der Waals surface area contributed by atoms with Crippen LogP contribution >= 0.6 is 15.8 Å². The normalized spacial score (nSPS) is 11.0. The van der Waals surface area contributed by atoms with Crippen molar-refractivity contribution in [2.24, 2.45) is 0 Å². The summed E-state index contributed by atoms with van der Waals surface area (Å²) in [4.78, 5) is 0. The van der Waals surface area contributed by atoms with E-state index in [1.807, 2.05) is 24.3 Å². The van der Waals surface area contributed by atoms with E-state index >= 15 is 0 Å². The molecule has 4 nitrogen and oxygen atoms in total. The molecule has 37 heavy (non-hydrogen) atoms. The van der Waals surface area contributed by atoms with Gasteiger partial charge in [-0.1, -0.05) is 72.8 Å². The van der Waals surface area contributed by atoms with Gasteiger partial charge >= 0.3 is 0 Å². The molecule has 4 aromatic carbocycles. The molecule has 0 atom stereocenters.